The number of hydrogen-bond acceptors (Lipinski definition) is 2. The zero-order chi connectivity index (χ0) is 24.2. The molecule has 0 aromatic heterocycles. The van der Waals surface area contributed by atoms with Gasteiger partial charge in [0.1, 0.15) is 0 Å². The normalized spacial score (nSPS) is 20.1. The first-order chi connectivity index (χ1) is 16.4. The highest BCUT2D eigenvalue weighted by molar-refractivity contribution is 7.80. The third-order valence-corrected chi connectivity index (χ3v) is 8.18. The van der Waals surface area contributed by atoms with Crippen molar-refractivity contribution in [3.8, 4) is 0 Å². The van der Waals surface area contributed by atoms with Crippen LogP contribution in [0.5, 0.6) is 0 Å². The van der Waals surface area contributed by atoms with E-state index in [9.17, 15) is 0 Å². The third kappa shape index (κ3) is 5.59. The minimum absolute atomic E-state index is 0.493. The van der Waals surface area contributed by atoms with E-state index in [4.69, 9.17) is 12.2 Å². The molecule has 2 atom stereocenters. The van der Waals surface area contributed by atoms with Crippen LogP contribution in [0.1, 0.15) is 80.2 Å². The second kappa shape index (κ2) is 11.1. The molecule has 0 unspecified atom stereocenters. The fourth-order valence-corrected chi connectivity index (χ4v) is 6.48. The van der Waals surface area contributed by atoms with Gasteiger partial charge in [0.05, 0.1) is 0 Å². The van der Waals surface area contributed by atoms with E-state index >= 15 is 0 Å². The van der Waals surface area contributed by atoms with Crippen molar-refractivity contribution in [1.29, 1.82) is 0 Å². The summed E-state index contributed by atoms with van der Waals surface area (Å²) in [6, 6.07) is 12.2. The van der Waals surface area contributed by atoms with Crippen molar-refractivity contribution in [2.45, 2.75) is 92.2 Å². The summed E-state index contributed by atoms with van der Waals surface area (Å²) >= 11 is 6.12. The fraction of sp³-hybridized carbons (Fsp3) is 0.567. The second-order valence-electron chi connectivity index (χ2n) is 10.7. The second-order valence-corrected chi connectivity index (χ2v) is 11.1. The van der Waals surface area contributed by atoms with E-state index in [1.54, 1.807) is 0 Å². The molecule has 1 fully saturated rings. The first-order valence-electron chi connectivity index (χ1n) is 13.4. The minimum Gasteiger partial charge on any atom is -0.371 e. The molecule has 1 saturated carbocycles. The lowest BCUT2D eigenvalue weighted by Crippen LogP contribution is -2.46. The van der Waals surface area contributed by atoms with Crippen molar-refractivity contribution in [2.75, 3.05) is 23.3 Å². The van der Waals surface area contributed by atoms with Gasteiger partial charge in [-0.1, -0.05) is 56.5 Å². The molecule has 1 aliphatic heterocycles. The minimum atomic E-state index is 0.493. The molecule has 4 heteroatoms. The van der Waals surface area contributed by atoms with E-state index in [2.05, 4.69) is 80.1 Å². The molecule has 0 bridgehead atoms. The average molecular weight is 478 g/mol. The van der Waals surface area contributed by atoms with Gasteiger partial charge in [0.15, 0.2) is 5.11 Å². The van der Waals surface area contributed by atoms with Crippen LogP contribution in [0, 0.1) is 26.7 Å². The Hall–Kier alpha value is -2.07. The Kier molecular flexibility index (Phi) is 8.18. The van der Waals surface area contributed by atoms with E-state index < -0.39 is 0 Å². The number of anilines is 2. The molecule has 3 nitrogen and oxygen atoms in total. The summed E-state index contributed by atoms with van der Waals surface area (Å²) in [5, 5.41) is 4.55. The topological polar surface area (TPSA) is 18.5 Å². The van der Waals surface area contributed by atoms with Crippen molar-refractivity contribution in [3.05, 3.63) is 58.1 Å². The molecule has 0 spiro atoms. The number of rotatable bonds is 6. The first kappa shape index (κ1) is 25.0. The van der Waals surface area contributed by atoms with Crippen LogP contribution in [0.4, 0.5) is 11.4 Å². The summed E-state index contributed by atoms with van der Waals surface area (Å²) in [6.45, 7) is 14.4. The van der Waals surface area contributed by atoms with Gasteiger partial charge in [-0.2, -0.15) is 0 Å². The Morgan fingerprint density at radius 1 is 1.06 bits per heavy atom. The van der Waals surface area contributed by atoms with E-state index in [1.807, 2.05) is 0 Å². The largest absolute Gasteiger partial charge is 0.371 e. The van der Waals surface area contributed by atoms with Crippen LogP contribution in [-0.4, -0.2) is 29.1 Å². The van der Waals surface area contributed by atoms with E-state index in [0.717, 1.165) is 18.2 Å². The lowest BCUT2D eigenvalue weighted by atomic mass is 9.84. The summed E-state index contributed by atoms with van der Waals surface area (Å²) in [7, 11) is 0. The highest BCUT2D eigenvalue weighted by atomic mass is 32.1. The average Bonchev–Trinajstić information content (AvgIpc) is 2.80. The molecule has 4 rings (SSSR count). The van der Waals surface area contributed by atoms with Gasteiger partial charge in [0.2, 0.25) is 0 Å². The molecule has 34 heavy (non-hydrogen) atoms. The zero-order valence-electron chi connectivity index (χ0n) is 21.9. The summed E-state index contributed by atoms with van der Waals surface area (Å²) in [6.07, 6.45) is 8.80. The van der Waals surface area contributed by atoms with Gasteiger partial charge in [-0.15, -0.1) is 0 Å². The van der Waals surface area contributed by atoms with E-state index in [-0.39, 0.29) is 0 Å². The maximum Gasteiger partial charge on any atom is 0.174 e. The molecule has 0 amide bonds. The van der Waals surface area contributed by atoms with Crippen LogP contribution < -0.4 is 10.2 Å². The number of hydrogen-bond donors (Lipinski definition) is 1. The van der Waals surface area contributed by atoms with Gasteiger partial charge in [-0.3, -0.25) is 0 Å². The Morgan fingerprint density at radius 2 is 1.79 bits per heavy atom. The van der Waals surface area contributed by atoms with Crippen LogP contribution in [0.15, 0.2) is 30.3 Å². The molecular formula is C30H43N3S. The Balaban J connectivity index is 1.60. The van der Waals surface area contributed by atoms with Gasteiger partial charge < -0.3 is 15.1 Å². The summed E-state index contributed by atoms with van der Waals surface area (Å²) in [4.78, 5) is 5.07. The van der Waals surface area contributed by atoms with Crippen LogP contribution in [0.2, 0.25) is 0 Å². The molecule has 2 aromatic carbocycles. The van der Waals surface area contributed by atoms with Crippen molar-refractivity contribution in [1.82, 2.24) is 4.90 Å². The predicted molar refractivity (Wildman–Crippen MR) is 151 cm³/mol. The Morgan fingerprint density at radius 3 is 2.50 bits per heavy atom. The van der Waals surface area contributed by atoms with E-state index in [0.29, 0.717) is 12.0 Å². The molecule has 2 aromatic rings. The maximum atomic E-state index is 6.12. The molecule has 1 N–H and O–H groups in total. The van der Waals surface area contributed by atoms with Crippen molar-refractivity contribution >= 4 is 28.7 Å². The predicted octanol–water partition coefficient (Wildman–Crippen LogP) is 7.55. The van der Waals surface area contributed by atoms with Gasteiger partial charge >= 0.3 is 0 Å². The quantitative estimate of drug-likeness (QED) is 0.433. The highest BCUT2D eigenvalue weighted by Gasteiger charge is 2.30. The van der Waals surface area contributed by atoms with Crippen molar-refractivity contribution in [2.24, 2.45) is 5.92 Å². The van der Waals surface area contributed by atoms with Crippen LogP contribution in [0.3, 0.4) is 0 Å². The van der Waals surface area contributed by atoms with Crippen LogP contribution >= 0.6 is 12.2 Å². The number of fused-ring (bicyclic) bond motifs is 1. The number of aryl methyl sites for hydroxylation is 4. The van der Waals surface area contributed by atoms with Gasteiger partial charge in [0, 0.05) is 37.1 Å². The molecule has 184 valence electrons. The highest BCUT2D eigenvalue weighted by Crippen LogP contribution is 2.33. The number of benzene rings is 2. The Bertz CT molecular complexity index is 991. The molecule has 0 saturated heterocycles. The first-order valence-corrected chi connectivity index (χ1v) is 13.8. The van der Waals surface area contributed by atoms with Crippen LogP contribution in [-0.2, 0) is 13.0 Å². The van der Waals surface area contributed by atoms with Crippen LogP contribution in [0.25, 0.3) is 0 Å². The van der Waals surface area contributed by atoms with Crippen molar-refractivity contribution < 1.29 is 0 Å². The maximum absolute atomic E-state index is 6.12. The Labute approximate surface area is 212 Å². The third-order valence-electron chi connectivity index (χ3n) is 7.84. The zero-order valence-corrected chi connectivity index (χ0v) is 22.7. The number of thiocarbonyl (C=S) groups is 1. The monoisotopic (exact) mass is 477 g/mol. The smallest absolute Gasteiger partial charge is 0.174 e. The van der Waals surface area contributed by atoms with Crippen molar-refractivity contribution in [3.63, 3.8) is 0 Å². The summed E-state index contributed by atoms with van der Waals surface area (Å²) in [5.74, 6) is 0.659. The van der Waals surface area contributed by atoms with Gasteiger partial charge in [-0.05, 0) is 99.3 Å². The molecule has 1 aliphatic carbocycles. The van der Waals surface area contributed by atoms with E-state index in [1.165, 1.54) is 90.7 Å². The molecular weight excluding hydrogens is 434 g/mol. The SMILES string of the molecule is CCCN1CCCc2cc(CN(C(=S)Nc3c(C)cc(C)cc3C)[C@@H]3CCCC[C@H]3C)ccc21. The summed E-state index contributed by atoms with van der Waals surface area (Å²) in [5.41, 5.74) is 9.35. The lowest BCUT2D eigenvalue weighted by Gasteiger charge is -2.41. The molecule has 0 radical (unpaired) electrons. The lowest BCUT2D eigenvalue weighted by molar-refractivity contribution is 0.177. The number of nitrogens with one attached hydrogen (secondary N) is 1. The fourth-order valence-electron chi connectivity index (χ4n) is 6.18. The standard InChI is InChI=1S/C30H43N3S/c1-6-15-32-16-9-11-26-19-25(13-14-28(26)32)20-33(27-12-8-7-10-22(27)3)30(34)31-29-23(4)17-21(2)18-24(29)5/h13-14,17-19,22,27H,6-12,15-16,20H2,1-5H3,(H,31,34)/t22-,27-/m1/s1. The molecule has 1 heterocycles. The molecule has 2 aliphatic rings. The summed E-state index contributed by atoms with van der Waals surface area (Å²) < 4.78 is 0. The number of nitrogens with zero attached hydrogens (tertiary/aromatic N) is 2. The van der Waals surface area contributed by atoms with Gasteiger partial charge in [0.25, 0.3) is 0 Å². The van der Waals surface area contributed by atoms with Gasteiger partial charge in [-0.25, -0.2) is 0 Å².